The third-order valence-corrected chi connectivity index (χ3v) is 7.19. The Balaban J connectivity index is 1.74. The molecule has 1 aliphatic rings. The first-order chi connectivity index (χ1) is 18.2. The number of nitrogens with one attached hydrogen (secondary N) is 1. The molecule has 0 aliphatic heterocycles. The smallest absolute Gasteiger partial charge is 0.390 e. The van der Waals surface area contributed by atoms with E-state index in [4.69, 9.17) is 5.73 Å². The van der Waals surface area contributed by atoms with Crippen molar-refractivity contribution in [2.45, 2.75) is 71.3 Å². The number of anilines is 1. The summed E-state index contributed by atoms with van der Waals surface area (Å²) in [6.07, 6.45) is -0.194. The quantitative estimate of drug-likeness (QED) is 0.331. The van der Waals surface area contributed by atoms with Gasteiger partial charge >= 0.3 is 6.18 Å². The van der Waals surface area contributed by atoms with Crippen LogP contribution in [0.2, 0.25) is 0 Å². The van der Waals surface area contributed by atoms with Crippen LogP contribution >= 0.6 is 0 Å². The number of benzene rings is 1. The molecule has 210 valence electrons. The monoisotopic (exact) mass is 546 g/mol. The summed E-state index contributed by atoms with van der Waals surface area (Å²) in [5.41, 5.74) is 5.02. The molecular formula is C27H33F3N6O3. The van der Waals surface area contributed by atoms with Crippen LogP contribution in [0.25, 0.3) is 16.9 Å². The first-order valence-electron chi connectivity index (χ1n) is 12.8. The van der Waals surface area contributed by atoms with E-state index in [-0.39, 0.29) is 53.0 Å². The molecule has 1 aliphatic carbocycles. The highest BCUT2D eigenvalue weighted by Gasteiger charge is 2.35. The number of halogens is 3. The Morgan fingerprint density at radius 2 is 2.03 bits per heavy atom. The van der Waals surface area contributed by atoms with E-state index in [1.54, 1.807) is 19.9 Å². The molecule has 4 rings (SSSR count). The molecule has 3 aromatic rings. The van der Waals surface area contributed by atoms with E-state index < -0.39 is 23.2 Å². The van der Waals surface area contributed by atoms with Crippen LogP contribution in [0.4, 0.5) is 19.0 Å². The summed E-state index contributed by atoms with van der Waals surface area (Å²) in [7, 11) is 0. The van der Waals surface area contributed by atoms with Crippen molar-refractivity contribution in [1.82, 2.24) is 24.8 Å². The zero-order valence-corrected chi connectivity index (χ0v) is 22.3. The summed E-state index contributed by atoms with van der Waals surface area (Å²) >= 11 is 0. The molecule has 0 radical (unpaired) electrons. The topological polar surface area (TPSA) is 126 Å². The van der Waals surface area contributed by atoms with E-state index in [0.717, 1.165) is 18.9 Å². The van der Waals surface area contributed by atoms with Gasteiger partial charge in [0.2, 0.25) is 6.41 Å². The first kappa shape index (κ1) is 28.3. The molecule has 0 spiro atoms. The van der Waals surface area contributed by atoms with Crippen LogP contribution in [0.3, 0.4) is 0 Å². The molecule has 0 saturated heterocycles. The zero-order valence-electron chi connectivity index (χ0n) is 22.3. The van der Waals surface area contributed by atoms with Gasteiger partial charge in [0, 0.05) is 30.9 Å². The van der Waals surface area contributed by atoms with Crippen LogP contribution in [0.1, 0.15) is 67.1 Å². The number of fused-ring (bicyclic) bond motifs is 1. The zero-order chi connectivity index (χ0) is 28.7. The lowest BCUT2D eigenvalue weighted by Gasteiger charge is -2.27. The average molecular weight is 547 g/mol. The van der Waals surface area contributed by atoms with Gasteiger partial charge in [-0.2, -0.15) is 13.2 Å². The molecule has 0 bridgehead atoms. The molecule has 1 fully saturated rings. The van der Waals surface area contributed by atoms with Crippen LogP contribution in [-0.2, 0) is 17.5 Å². The number of amides is 2. The number of alkyl halides is 3. The number of carbonyl (C=O) groups is 2. The average Bonchev–Trinajstić information content (AvgIpc) is 3.63. The van der Waals surface area contributed by atoms with Gasteiger partial charge in [-0.05, 0) is 82.2 Å². The molecule has 4 N–H and O–H groups in total. The lowest BCUT2D eigenvalue weighted by molar-refractivity contribution is -0.138. The number of nitrogens with two attached hydrogens (primary N) is 1. The fourth-order valence-electron chi connectivity index (χ4n) is 4.60. The van der Waals surface area contributed by atoms with E-state index in [9.17, 15) is 27.9 Å². The Hall–Kier alpha value is -3.67. The summed E-state index contributed by atoms with van der Waals surface area (Å²) in [5, 5.41) is 16.7. The second-order valence-corrected chi connectivity index (χ2v) is 10.8. The fraction of sp³-hybridized carbons (Fsp3) is 0.481. The van der Waals surface area contributed by atoms with Crippen molar-refractivity contribution >= 4 is 23.8 Å². The number of nitrogens with zero attached hydrogens (tertiary/aromatic N) is 4. The van der Waals surface area contributed by atoms with Gasteiger partial charge in [0.25, 0.3) is 5.91 Å². The number of rotatable bonds is 10. The Bertz CT molecular complexity index is 1390. The second-order valence-electron chi connectivity index (χ2n) is 10.8. The molecule has 2 heterocycles. The van der Waals surface area contributed by atoms with Gasteiger partial charge in [0.15, 0.2) is 11.5 Å². The van der Waals surface area contributed by atoms with Crippen LogP contribution in [0, 0.1) is 12.8 Å². The summed E-state index contributed by atoms with van der Waals surface area (Å²) in [4.78, 5) is 30.7. The molecule has 2 aromatic heterocycles. The minimum Gasteiger partial charge on any atom is -0.390 e. The van der Waals surface area contributed by atoms with E-state index >= 15 is 0 Å². The van der Waals surface area contributed by atoms with Crippen molar-refractivity contribution in [3.63, 3.8) is 0 Å². The van der Waals surface area contributed by atoms with Gasteiger partial charge in [0.1, 0.15) is 5.56 Å². The minimum atomic E-state index is -4.63. The van der Waals surface area contributed by atoms with E-state index in [1.807, 2.05) is 6.92 Å². The first-order valence-corrected chi connectivity index (χ1v) is 12.8. The Labute approximate surface area is 224 Å². The predicted octanol–water partition coefficient (Wildman–Crippen LogP) is 3.95. The Morgan fingerprint density at radius 1 is 1.33 bits per heavy atom. The van der Waals surface area contributed by atoms with Crippen molar-refractivity contribution in [3.8, 4) is 11.3 Å². The standard InChI is InChI=1S/C27H33F3N6O3/c1-15-19(13-35(14-37)16(2)17-5-6-17)11-18(12-20(15)27(28,29)30)21-7-10-36-24(33-21)22(23(31)34-36)25(38)32-9-8-26(3,4)39/h7,10-12,14,16-17,39H,5-6,8-9,13H2,1-4H3,(H2,31,34)(H,32,38). The molecule has 1 atom stereocenters. The predicted molar refractivity (Wildman–Crippen MR) is 140 cm³/mol. The maximum absolute atomic E-state index is 14.1. The molecule has 1 unspecified atom stereocenters. The maximum Gasteiger partial charge on any atom is 0.416 e. The van der Waals surface area contributed by atoms with Gasteiger partial charge in [0.05, 0.1) is 16.9 Å². The number of hydrogen-bond donors (Lipinski definition) is 3. The summed E-state index contributed by atoms with van der Waals surface area (Å²) in [6.45, 7) is 6.73. The highest BCUT2D eigenvalue weighted by molar-refractivity contribution is 6.04. The summed E-state index contributed by atoms with van der Waals surface area (Å²) < 4.78 is 43.5. The van der Waals surface area contributed by atoms with Crippen LogP contribution in [0.15, 0.2) is 24.4 Å². The molecule has 1 aromatic carbocycles. The largest absolute Gasteiger partial charge is 0.416 e. The van der Waals surface area contributed by atoms with Crippen LogP contribution < -0.4 is 11.1 Å². The van der Waals surface area contributed by atoms with Crippen LogP contribution in [0.5, 0.6) is 0 Å². The van der Waals surface area contributed by atoms with Gasteiger partial charge in [-0.1, -0.05) is 0 Å². The number of hydrogen-bond acceptors (Lipinski definition) is 6. The highest BCUT2D eigenvalue weighted by Crippen LogP contribution is 2.38. The van der Waals surface area contributed by atoms with E-state index in [1.165, 1.54) is 28.6 Å². The number of aliphatic hydroxyl groups is 1. The lowest BCUT2D eigenvalue weighted by atomic mass is 9.96. The van der Waals surface area contributed by atoms with Crippen molar-refractivity contribution in [1.29, 1.82) is 0 Å². The van der Waals surface area contributed by atoms with Gasteiger partial charge in [-0.3, -0.25) is 9.59 Å². The maximum atomic E-state index is 14.1. The summed E-state index contributed by atoms with van der Waals surface area (Å²) in [6, 6.07) is 4.04. The molecular weight excluding hydrogens is 513 g/mol. The molecule has 9 nitrogen and oxygen atoms in total. The van der Waals surface area contributed by atoms with Gasteiger partial charge in [-0.15, -0.1) is 5.10 Å². The molecule has 39 heavy (non-hydrogen) atoms. The van der Waals surface area contributed by atoms with E-state index in [2.05, 4.69) is 15.4 Å². The van der Waals surface area contributed by atoms with Gasteiger partial charge < -0.3 is 21.1 Å². The number of aromatic nitrogens is 3. The molecule has 12 heteroatoms. The Kier molecular flexibility index (Phi) is 7.61. The fourth-order valence-corrected chi connectivity index (χ4v) is 4.60. The van der Waals surface area contributed by atoms with E-state index in [0.29, 0.717) is 24.3 Å². The van der Waals surface area contributed by atoms with Crippen molar-refractivity contribution in [2.24, 2.45) is 5.92 Å². The number of nitrogen functional groups attached to an aromatic ring is 1. The Morgan fingerprint density at radius 3 is 2.62 bits per heavy atom. The number of carbonyl (C=O) groups excluding carboxylic acids is 2. The lowest BCUT2D eigenvalue weighted by Crippen LogP contribution is -2.33. The summed E-state index contributed by atoms with van der Waals surface area (Å²) in [5.74, 6) is -0.297. The SMILES string of the molecule is Cc1c(CN(C=O)C(C)C2CC2)cc(-c2ccn3nc(N)c(C(=O)NCCC(C)(C)O)c3n2)cc1C(F)(F)F. The minimum absolute atomic E-state index is 0.0126. The van der Waals surface area contributed by atoms with Crippen molar-refractivity contribution in [2.75, 3.05) is 12.3 Å². The highest BCUT2D eigenvalue weighted by atomic mass is 19.4. The third kappa shape index (κ3) is 6.32. The van der Waals surface area contributed by atoms with Crippen LogP contribution in [-0.4, -0.2) is 55.1 Å². The third-order valence-electron chi connectivity index (χ3n) is 7.19. The molecule has 1 saturated carbocycles. The molecule has 2 amide bonds. The van der Waals surface area contributed by atoms with Gasteiger partial charge in [-0.25, -0.2) is 9.50 Å². The van der Waals surface area contributed by atoms with Crippen molar-refractivity contribution < 1.29 is 27.9 Å². The second kappa shape index (κ2) is 10.5. The normalized spacial score (nSPS) is 14.9. The van der Waals surface area contributed by atoms with Crippen molar-refractivity contribution in [3.05, 3.63) is 46.6 Å².